The third kappa shape index (κ3) is 5.54. The van der Waals surface area contributed by atoms with Gasteiger partial charge in [0, 0.05) is 49.4 Å². The molecule has 5 fully saturated rings. The summed E-state index contributed by atoms with van der Waals surface area (Å²) in [7, 11) is 1.75. The van der Waals surface area contributed by atoms with Crippen molar-refractivity contribution in [2.24, 2.45) is 29.6 Å². The van der Waals surface area contributed by atoms with Gasteiger partial charge < -0.3 is 20.7 Å². The molecule has 6 nitrogen and oxygen atoms in total. The van der Waals surface area contributed by atoms with E-state index < -0.39 is 0 Å². The fourth-order valence-electron chi connectivity index (χ4n) is 7.79. The van der Waals surface area contributed by atoms with E-state index in [-0.39, 0.29) is 0 Å². The molecule has 5 aliphatic carbocycles. The monoisotopic (exact) mass is 529 g/mol. The van der Waals surface area contributed by atoms with E-state index in [0.717, 1.165) is 84.3 Å². The minimum absolute atomic E-state index is 0.445. The van der Waals surface area contributed by atoms with Gasteiger partial charge >= 0.3 is 0 Å². The van der Waals surface area contributed by atoms with Crippen LogP contribution >= 0.6 is 22.9 Å². The normalized spacial score (nSPS) is 33.1. The summed E-state index contributed by atoms with van der Waals surface area (Å²) < 4.78 is 5.15. The fourth-order valence-corrected chi connectivity index (χ4v) is 8.71. The van der Waals surface area contributed by atoms with Crippen LogP contribution in [0.4, 0.5) is 10.9 Å². The molecular formula is C28H40ClN5OS. The minimum atomic E-state index is 0.445. The highest BCUT2D eigenvalue weighted by atomic mass is 35.5. The van der Waals surface area contributed by atoms with Gasteiger partial charge in [0.15, 0.2) is 5.13 Å². The summed E-state index contributed by atoms with van der Waals surface area (Å²) in [5, 5.41) is 14.7. The predicted octanol–water partition coefficient (Wildman–Crippen LogP) is 6.30. The molecule has 2 aromatic heterocycles. The summed E-state index contributed by atoms with van der Waals surface area (Å²) >= 11 is 8.27. The molecule has 7 rings (SSSR count). The molecule has 5 aliphatic rings. The van der Waals surface area contributed by atoms with E-state index in [4.69, 9.17) is 21.3 Å². The number of ether oxygens (including phenoxy) is 1. The SMILES string of the molecule is COCCNC1CCC(Nc2cc(-c3csc(NCC4C5CC6CC(C5)CC4C6)n3)c(Cl)cn2)CC1. The van der Waals surface area contributed by atoms with Gasteiger partial charge in [0.1, 0.15) is 5.82 Å². The van der Waals surface area contributed by atoms with Crippen molar-refractivity contribution in [3.8, 4) is 11.3 Å². The lowest BCUT2D eigenvalue weighted by molar-refractivity contribution is -0.0305. The molecule has 4 bridgehead atoms. The van der Waals surface area contributed by atoms with Gasteiger partial charge in [0.25, 0.3) is 0 Å². The zero-order chi connectivity index (χ0) is 24.5. The molecule has 196 valence electrons. The number of thiazole rings is 1. The van der Waals surface area contributed by atoms with E-state index >= 15 is 0 Å². The second kappa shape index (κ2) is 11.1. The number of aromatic nitrogens is 2. The molecular weight excluding hydrogens is 490 g/mol. The second-order valence-corrected chi connectivity index (χ2v) is 13.0. The van der Waals surface area contributed by atoms with Crippen LogP contribution in [0.3, 0.4) is 0 Å². The number of rotatable bonds is 10. The third-order valence-electron chi connectivity index (χ3n) is 9.36. The molecule has 0 aromatic carbocycles. The van der Waals surface area contributed by atoms with Gasteiger partial charge in [-0.1, -0.05) is 11.6 Å². The topological polar surface area (TPSA) is 71.1 Å². The van der Waals surface area contributed by atoms with Crippen molar-refractivity contribution in [2.45, 2.75) is 69.9 Å². The average Bonchev–Trinajstić information content (AvgIpc) is 3.34. The maximum absolute atomic E-state index is 6.58. The zero-order valence-corrected chi connectivity index (χ0v) is 22.9. The Morgan fingerprint density at radius 2 is 1.75 bits per heavy atom. The highest BCUT2D eigenvalue weighted by Gasteiger charge is 2.47. The Hall–Kier alpha value is -1.41. The van der Waals surface area contributed by atoms with Crippen molar-refractivity contribution in [2.75, 3.05) is 37.4 Å². The zero-order valence-electron chi connectivity index (χ0n) is 21.3. The van der Waals surface area contributed by atoms with E-state index in [9.17, 15) is 0 Å². The molecule has 0 aliphatic heterocycles. The van der Waals surface area contributed by atoms with Crippen LogP contribution in [0.1, 0.15) is 57.8 Å². The van der Waals surface area contributed by atoms with Crippen LogP contribution in [0, 0.1) is 29.6 Å². The first-order valence-electron chi connectivity index (χ1n) is 14.0. The van der Waals surface area contributed by atoms with Gasteiger partial charge in [-0.15, -0.1) is 11.3 Å². The maximum atomic E-state index is 6.58. The standard InChI is InChI=1S/C28H40ClN5OS/c1-35-7-6-30-21-2-4-22(5-3-21)33-27-13-23(25(29)15-31-27)26-16-36-28(34-26)32-14-24-19-9-17-8-18(11-19)12-20(24)10-17/h13,15-22,24,30H,2-12,14H2,1H3,(H,31,33)(H,32,34). The Morgan fingerprint density at radius 3 is 2.47 bits per heavy atom. The lowest BCUT2D eigenvalue weighted by atomic mass is 9.52. The summed E-state index contributed by atoms with van der Waals surface area (Å²) in [6.07, 6.45) is 13.8. The number of nitrogens with one attached hydrogen (secondary N) is 3. The Morgan fingerprint density at radius 1 is 1.03 bits per heavy atom. The number of anilines is 2. The Labute approximate surface area is 224 Å². The van der Waals surface area contributed by atoms with Crippen LogP contribution in [0.15, 0.2) is 17.6 Å². The largest absolute Gasteiger partial charge is 0.383 e. The lowest BCUT2D eigenvalue weighted by Gasteiger charge is -2.54. The van der Waals surface area contributed by atoms with Crippen LogP contribution in [0.2, 0.25) is 5.02 Å². The number of hydrogen-bond acceptors (Lipinski definition) is 7. The molecule has 0 radical (unpaired) electrons. The highest BCUT2D eigenvalue weighted by Crippen LogP contribution is 2.56. The first-order valence-corrected chi connectivity index (χ1v) is 15.2. The number of halogens is 1. The van der Waals surface area contributed by atoms with Crippen molar-refractivity contribution in [3.05, 3.63) is 22.7 Å². The van der Waals surface area contributed by atoms with Crippen LogP contribution in [0.5, 0.6) is 0 Å². The molecule has 2 heterocycles. The third-order valence-corrected chi connectivity index (χ3v) is 10.5. The molecule has 8 heteroatoms. The molecule has 0 spiro atoms. The quantitative estimate of drug-likeness (QED) is 0.314. The van der Waals surface area contributed by atoms with E-state index in [1.54, 1.807) is 24.6 Å². The van der Waals surface area contributed by atoms with Crippen LogP contribution in [-0.4, -0.2) is 48.9 Å². The second-order valence-electron chi connectivity index (χ2n) is 11.7. The number of pyridine rings is 1. The fraction of sp³-hybridized carbons (Fsp3) is 0.714. The molecule has 0 saturated heterocycles. The first-order chi connectivity index (χ1) is 17.6. The Balaban J connectivity index is 1.04. The number of nitrogens with zero attached hydrogens (tertiary/aromatic N) is 2. The predicted molar refractivity (Wildman–Crippen MR) is 149 cm³/mol. The highest BCUT2D eigenvalue weighted by molar-refractivity contribution is 7.14. The van der Waals surface area contributed by atoms with E-state index in [2.05, 4.69) is 32.4 Å². The smallest absolute Gasteiger partial charge is 0.183 e. The van der Waals surface area contributed by atoms with Gasteiger partial charge in [-0.05, 0) is 93.4 Å². The van der Waals surface area contributed by atoms with Gasteiger partial charge in [0.2, 0.25) is 0 Å². The summed E-state index contributed by atoms with van der Waals surface area (Å²) in [4.78, 5) is 9.50. The van der Waals surface area contributed by atoms with E-state index in [0.29, 0.717) is 17.1 Å². The van der Waals surface area contributed by atoms with Crippen molar-refractivity contribution >= 4 is 33.9 Å². The van der Waals surface area contributed by atoms with Crippen LogP contribution < -0.4 is 16.0 Å². The molecule has 5 saturated carbocycles. The molecule has 0 amide bonds. The molecule has 0 atom stereocenters. The van der Waals surface area contributed by atoms with Gasteiger partial charge in [0.05, 0.1) is 17.3 Å². The van der Waals surface area contributed by atoms with Gasteiger partial charge in [-0.2, -0.15) is 0 Å². The van der Waals surface area contributed by atoms with Gasteiger partial charge in [-0.3, -0.25) is 0 Å². The van der Waals surface area contributed by atoms with E-state index in [1.807, 2.05) is 0 Å². The van der Waals surface area contributed by atoms with Crippen molar-refractivity contribution in [1.82, 2.24) is 15.3 Å². The Kier molecular flexibility index (Phi) is 7.71. The van der Waals surface area contributed by atoms with Crippen LogP contribution in [-0.2, 0) is 4.74 Å². The maximum Gasteiger partial charge on any atom is 0.183 e. The molecule has 36 heavy (non-hydrogen) atoms. The number of methoxy groups -OCH3 is 1. The lowest BCUT2D eigenvalue weighted by Crippen LogP contribution is -2.47. The summed E-state index contributed by atoms with van der Waals surface area (Å²) in [6, 6.07) is 3.11. The van der Waals surface area contributed by atoms with Gasteiger partial charge in [-0.25, -0.2) is 9.97 Å². The van der Waals surface area contributed by atoms with Crippen molar-refractivity contribution in [3.63, 3.8) is 0 Å². The summed E-state index contributed by atoms with van der Waals surface area (Å²) in [5.41, 5.74) is 1.90. The molecule has 2 aromatic rings. The van der Waals surface area contributed by atoms with E-state index in [1.165, 1.54) is 44.9 Å². The van der Waals surface area contributed by atoms with Crippen molar-refractivity contribution in [1.29, 1.82) is 0 Å². The molecule has 0 unspecified atom stereocenters. The molecule has 3 N–H and O–H groups in total. The summed E-state index contributed by atoms with van der Waals surface area (Å²) in [5.74, 6) is 5.65. The Bertz CT molecular complexity index is 995. The van der Waals surface area contributed by atoms with Crippen LogP contribution in [0.25, 0.3) is 11.3 Å². The number of hydrogen-bond donors (Lipinski definition) is 3. The van der Waals surface area contributed by atoms with Crippen molar-refractivity contribution < 1.29 is 4.74 Å². The average molecular weight is 530 g/mol. The minimum Gasteiger partial charge on any atom is -0.383 e. The summed E-state index contributed by atoms with van der Waals surface area (Å²) in [6.45, 7) is 2.77. The first kappa shape index (κ1) is 24.9.